The van der Waals surface area contributed by atoms with Gasteiger partial charge in [-0.15, -0.1) is 0 Å². The number of carbonyl (C=O) groups excluding carboxylic acids is 2. The third kappa shape index (κ3) is 3.51. The van der Waals surface area contributed by atoms with Gasteiger partial charge in [-0.2, -0.15) is 0 Å². The molecule has 0 spiro atoms. The highest BCUT2D eigenvalue weighted by atomic mass is 16.5. The van der Waals surface area contributed by atoms with E-state index >= 15 is 0 Å². The maximum absolute atomic E-state index is 13.2. The van der Waals surface area contributed by atoms with E-state index in [0.29, 0.717) is 28.7 Å². The van der Waals surface area contributed by atoms with E-state index in [-0.39, 0.29) is 16.9 Å². The molecule has 2 aromatic carbocycles. The van der Waals surface area contributed by atoms with E-state index in [2.05, 4.69) is 0 Å². The van der Waals surface area contributed by atoms with E-state index in [4.69, 9.17) is 13.9 Å². The van der Waals surface area contributed by atoms with E-state index in [0.717, 1.165) is 5.56 Å². The molecule has 2 heterocycles. The lowest BCUT2D eigenvalue weighted by atomic mass is 9.98. The van der Waals surface area contributed by atoms with E-state index in [1.54, 1.807) is 49.4 Å². The largest absolute Gasteiger partial charge is 0.507 e. The maximum atomic E-state index is 13.2. The van der Waals surface area contributed by atoms with Gasteiger partial charge in [0.1, 0.15) is 34.8 Å². The third-order valence-corrected chi connectivity index (χ3v) is 5.45. The minimum absolute atomic E-state index is 0.0756. The van der Waals surface area contributed by atoms with Gasteiger partial charge in [0.25, 0.3) is 11.7 Å². The summed E-state index contributed by atoms with van der Waals surface area (Å²) in [6.07, 6.45) is 0. The Morgan fingerprint density at radius 2 is 1.69 bits per heavy atom. The first kappa shape index (κ1) is 21.2. The smallest absolute Gasteiger partial charge is 0.300 e. The van der Waals surface area contributed by atoms with Crippen LogP contribution in [0.25, 0.3) is 5.76 Å². The minimum atomic E-state index is -0.932. The van der Waals surface area contributed by atoms with Crippen molar-refractivity contribution in [2.45, 2.75) is 19.9 Å². The molecule has 0 radical (unpaired) electrons. The molecule has 7 heteroatoms. The summed E-state index contributed by atoms with van der Waals surface area (Å²) >= 11 is 0. The van der Waals surface area contributed by atoms with Crippen LogP contribution in [0.4, 0.5) is 5.69 Å². The number of hydrogen-bond donors (Lipinski definition) is 1. The van der Waals surface area contributed by atoms with Crippen molar-refractivity contribution < 1.29 is 28.6 Å². The number of benzene rings is 2. The second kappa shape index (κ2) is 8.26. The fraction of sp³-hybridized carbons (Fsp3) is 0.200. The average Bonchev–Trinajstić information content (AvgIpc) is 3.34. The minimum Gasteiger partial charge on any atom is -0.507 e. The highest BCUT2D eigenvalue weighted by Crippen LogP contribution is 2.44. The standard InChI is InChI=1S/C25H23NO6/c1-14-5-8-16(9-6-14)26-22(19-12-7-15(2)32-19)21(24(28)25(26)29)23(27)18-11-10-17(30-3)13-20(18)31-4/h5-13,22,27H,1-4H3/b23-21-. The number of ketones is 1. The predicted molar refractivity (Wildman–Crippen MR) is 119 cm³/mol. The number of aliphatic hydroxyl groups is 1. The van der Waals surface area contributed by atoms with Gasteiger partial charge in [-0.05, 0) is 50.2 Å². The van der Waals surface area contributed by atoms with Crippen molar-refractivity contribution in [1.82, 2.24) is 0 Å². The molecule has 1 aromatic heterocycles. The molecule has 1 aliphatic heterocycles. The van der Waals surface area contributed by atoms with Gasteiger partial charge < -0.3 is 19.0 Å². The van der Waals surface area contributed by atoms with Crippen LogP contribution < -0.4 is 14.4 Å². The van der Waals surface area contributed by atoms with Gasteiger partial charge in [-0.25, -0.2) is 0 Å². The van der Waals surface area contributed by atoms with Gasteiger partial charge in [0.05, 0.1) is 25.4 Å². The van der Waals surface area contributed by atoms with Crippen molar-refractivity contribution in [2.75, 3.05) is 19.1 Å². The van der Waals surface area contributed by atoms with Crippen molar-refractivity contribution in [2.24, 2.45) is 0 Å². The number of furan rings is 1. The number of anilines is 1. The Balaban J connectivity index is 1.94. The summed E-state index contributed by atoms with van der Waals surface area (Å²) in [6.45, 7) is 3.70. The molecule has 1 atom stereocenters. The first-order valence-electron chi connectivity index (χ1n) is 10.0. The summed E-state index contributed by atoms with van der Waals surface area (Å²) in [4.78, 5) is 27.6. The predicted octanol–water partition coefficient (Wildman–Crippen LogP) is 4.54. The lowest BCUT2D eigenvalue weighted by molar-refractivity contribution is -0.132. The second-order valence-electron chi connectivity index (χ2n) is 7.52. The topological polar surface area (TPSA) is 89.2 Å². The van der Waals surface area contributed by atoms with E-state index in [1.165, 1.54) is 19.1 Å². The normalized spacial score (nSPS) is 17.6. The van der Waals surface area contributed by atoms with Gasteiger partial charge in [0, 0.05) is 11.8 Å². The van der Waals surface area contributed by atoms with Gasteiger partial charge in [0.15, 0.2) is 0 Å². The van der Waals surface area contributed by atoms with Crippen molar-refractivity contribution in [3.05, 3.63) is 82.8 Å². The lowest BCUT2D eigenvalue weighted by Crippen LogP contribution is -2.29. The van der Waals surface area contributed by atoms with Crippen molar-refractivity contribution >= 4 is 23.1 Å². The van der Waals surface area contributed by atoms with Crippen molar-refractivity contribution in [1.29, 1.82) is 0 Å². The summed E-state index contributed by atoms with van der Waals surface area (Å²) < 4.78 is 16.4. The molecule has 1 aliphatic rings. The highest BCUT2D eigenvalue weighted by molar-refractivity contribution is 6.51. The molecule has 0 saturated carbocycles. The molecule has 1 N–H and O–H groups in total. The molecule has 7 nitrogen and oxygen atoms in total. The van der Waals surface area contributed by atoms with Crippen LogP contribution in [0.2, 0.25) is 0 Å². The van der Waals surface area contributed by atoms with Gasteiger partial charge in [-0.1, -0.05) is 17.7 Å². The molecule has 1 fully saturated rings. The first-order chi connectivity index (χ1) is 15.3. The first-order valence-corrected chi connectivity index (χ1v) is 10.0. The maximum Gasteiger partial charge on any atom is 0.300 e. The summed E-state index contributed by atoms with van der Waals surface area (Å²) in [5.41, 5.74) is 1.73. The van der Waals surface area contributed by atoms with E-state index in [9.17, 15) is 14.7 Å². The number of carbonyl (C=O) groups is 2. The number of hydrogen-bond acceptors (Lipinski definition) is 6. The summed E-state index contributed by atoms with van der Waals surface area (Å²) in [5.74, 6) is -0.0826. The van der Waals surface area contributed by atoms with Crippen LogP contribution in [-0.2, 0) is 9.59 Å². The number of aryl methyl sites for hydroxylation is 2. The lowest BCUT2D eigenvalue weighted by Gasteiger charge is -2.23. The van der Waals surface area contributed by atoms with Crippen molar-refractivity contribution in [3.8, 4) is 11.5 Å². The van der Waals surface area contributed by atoms with Crippen LogP contribution >= 0.6 is 0 Å². The molecular weight excluding hydrogens is 410 g/mol. The highest BCUT2D eigenvalue weighted by Gasteiger charge is 2.48. The number of ether oxygens (including phenoxy) is 2. The molecule has 1 amide bonds. The summed E-state index contributed by atoms with van der Waals surface area (Å²) in [5, 5.41) is 11.2. The number of nitrogens with zero attached hydrogens (tertiary/aromatic N) is 1. The zero-order valence-corrected chi connectivity index (χ0v) is 18.2. The zero-order chi connectivity index (χ0) is 23.0. The Labute approximate surface area is 185 Å². The second-order valence-corrected chi connectivity index (χ2v) is 7.52. The third-order valence-electron chi connectivity index (χ3n) is 5.45. The Morgan fingerprint density at radius 3 is 2.28 bits per heavy atom. The summed E-state index contributed by atoms with van der Waals surface area (Å²) in [7, 11) is 2.96. The van der Waals surface area contributed by atoms with Crippen LogP contribution in [0.3, 0.4) is 0 Å². The van der Waals surface area contributed by atoms with Crippen LogP contribution in [-0.4, -0.2) is 31.0 Å². The number of rotatable bonds is 5. The molecule has 0 aliphatic carbocycles. The molecule has 32 heavy (non-hydrogen) atoms. The molecule has 0 bridgehead atoms. The fourth-order valence-corrected chi connectivity index (χ4v) is 3.81. The van der Waals surface area contributed by atoms with Crippen LogP contribution in [0, 0.1) is 13.8 Å². The molecule has 1 saturated heterocycles. The van der Waals surface area contributed by atoms with Gasteiger partial charge in [-0.3, -0.25) is 14.5 Å². The van der Waals surface area contributed by atoms with Crippen LogP contribution in [0.15, 0.2) is 64.6 Å². The Morgan fingerprint density at radius 1 is 0.969 bits per heavy atom. The monoisotopic (exact) mass is 433 g/mol. The van der Waals surface area contributed by atoms with Crippen LogP contribution in [0.1, 0.15) is 28.7 Å². The van der Waals surface area contributed by atoms with Gasteiger partial charge >= 0.3 is 0 Å². The Hall–Kier alpha value is -4.00. The number of aliphatic hydroxyl groups excluding tert-OH is 1. The number of amides is 1. The molecule has 4 rings (SSSR count). The van der Waals surface area contributed by atoms with Crippen molar-refractivity contribution in [3.63, 3.8) is 0 Å². The molecular formula is C25H23NO6. The molecule has 1 unspecified atom stereocenters. The Bertz CT molecular complexity index is 1220. The fourth-order valence-electron chi connectivity index (χ4n) is 3.81. The number of methoxy groups -OCH3 is 2. The zero-order valence-electron chi connectivity index (χ0n) is 18.2. The van der Waals surface area contributed by atoms with Gasteiger partial charge in [0.2, 0.25) is 0 Å². The SMILES string of the molecule is COc1ccc(/C(O)=C2/C(=O)C(=O)N(c3ccc(C)cc3)C2c2ccc(C)o2)c(OC)c1. The molecule has 164 valence electrons. The average molecular weight is 433 g/mol. The van der Waals surface area contributed by atoms with Crippen LogP contribution in [0.5, 0.6) is 11.5 Å². The number of Topliss-reactive ketones (excluding diaryl/α,β-unsaturated/α-hetero) is 1. The van der Waals surface area contributed by atoms with E-state index in [1.807, 2.05) is 19.1 Å². The quantitative estimate of drug-likeness (QED) is 0.361. The van der Waals surface area contributed by atoms with E-state index < -0.39 is 17.7 Å². The molecule has 3 aromatic rings. The summed E-state index contributed by atoms with van der Waals surface area (Å²) in [6, 6.07) is 14.6. The Kier molecular flexibility index (Phi) is 5.48.